The van der Waals surface area contributed by atoms with Crippen molar-refractivity contribution in [2.24, 2.45) is 5.92 Å². The fourth-order valence-corrected chi connectivity index (χ4v) is 3.34. The van der Waals surface area contributed by atoms with Crippen LogP contribution in [-0.2, 0) is 20.9 Å². The number of aliphatic carboxylic acids is 1. The van der Waals surface area contributed by atoms with Crippen molar-refractivity contribution in [3.05, 3.63) is 35.9 Å². The normalized spacial score (nSPS) is 16.6. The largest absolute Gasteiger partial charge is 0.480 e. The topological polar surface area (TPSA) is 125 Å². The maximum atomic E-state index is 12.1. The standard InChI is InChI=1S/C20H28N2O6/c23-16(12-21-20(27)28-13-14-7-3-1-4-8-14)11-17(24)22-18(19(25)26)15-9-5-2-6-10-15/h1,3-4,7-8,15-16,18,23H,2,5-6,9-13H2,(H,21,27)(H,22,24)(H,25,26)/t16-,18-/m0/s1. The molecule has 0 radical (unpaired) electrons. The number of hydrogen-bond donors (Lipinski definition) is 4. The van der Waals surface area contributed by atoms with E-state index in [1.807, 2.05) is 30.3 Å². The monoisotopic (exact) mass is 392 g/mol. The van der Waals surface area contributed by atoms with E-state index < -0.39 is 30.1 Å². The molecule has 2 amide bonds. The van der Waals surface area contributed by atoms with Crippen LogP contribution in [0, 0.1) is 5.92 Å². The number of aliphatic hydroxyl groups is 1. The molecule has 0 saturated heterocycles. The fraction of sp³-hybridized carbons (Fsp3) is 0.550. The van der Waals surface area contributed by atoms with Crippen molar-refractivity contribution < 1.29 is 29.3 Å². The Morgan fingerprint density at radius 1 is 1.11 bits per heavy atom. The van der Waals surface area contributed by atoms with Gasteiger partial charge < -0.3 is 25.6 Å². The van der Waals surface area contributed by atoms with Gasteiger partial charge in [-0.1, -0.05) is 49.6 Å². The zero-order valence-electron chi connectivity index (χ0n) is 15.8. The van der Waals surface area contributed by atoms with Gasteiger partial charge in [0.1, 0.15) is 12.6 Å². The van der Waals surface area contributed by atoms with Gasteiger partial charge >= 0.3 is 12.1 Å². The predicted octanol–water partition coefficient (Wildman–Crippen LogP) is 1.81. The van der Waals surface area contributed by atoms with Gasteiger partial charge in [0.05, 0.1) is 12.5 Å². The molecule has 1 aliphatic carbocycles. The number of carbonyl (C=O) groups is 3. The number of carboxylic acids is 1. The van der Waals surface area contributed by atoms with Crippen molar-refractivity contribution in [1.29, 1.82) is 0 Å². The lowest BCUT2D eigenvalue weighted by atomic mass is 9.84. The Hall–Kier alpha value is -2.61. The average molecular weight is 392 g/mol. The minimum atomic E-state index is -1.13. The fourth-order valence-electron chi connectivity index (χ4n) is 3.34. The summed E-state index contributed by atoms with van der Waals surface area (Å²) < 4.78 is 5.02. The molecule has 0 aromatic heterocycles. The molecule has 0 spiro atoms. The van der Waals surface area contributed by atoms with Crippen LogP contribution in [0.3, 0.4) is 0 Å². The molecule has 0 unspecified atom stereocenters. The molecule has 0 heterocycles. The van der Waals surface area contributed by atoms with Crippen LogP contribution in [0.5, 0.6) is 0 Å². The number of ether oxygens (including phenoxy) is 1. The van der Waals surface area contributed by atoms with Crippen LogP contribution in [0.1, 0.15) is 44.1 Å². The maximum Gasteiger partial charge on any atom is 0.407 e. The first-order chi connectivity index (χ1) is 13.5. The molecule has 28 heavy (non-hydrogen) atoms. The van der Waals surface area contributed by atoms with Crippen molar-refractivity contribution in [3.8, 4) is 0 Å². The van der Waals surface area contributed by atoms with Crippen LogP contribution in [-0.4, -0.2) is 46.9 Å². The van der Waals surface area contributed by atoms with Crippen LogP contribution in [0.4, 0.5) is 4.79 Å². The predicted molar refractivity (Wildman–Crippen MR) is 101 cm³/mol. The van der Waals surface area contributed by atoms with Crippen LogP contribution >= 0.6 is 0 Å². The van der Waals surface area contributed by atoms with Gasteiger partial charge in [0.15, 0.2) is 0 Å². The van der Waals surface area contributed by atoms with E-state index in [1.54, 1.807) is 0 Å². The number of carboxylic acid groups (broad SMARTS) is 1. The van der Waals surface area contributed by atoms with Crippen molar-refractivity contribution in [3.63, 3.8) is 0 Å². The third-order valence-electron chi connectivity index (χ3n) is 4.82. The second kappa shape index (κ2) is 11.3. The Kier molecular flexibility index (Phi) is 8.74. The lowest BCUT2D eigenvalue weighted by Gasteiger charge is -2.28. The summed E-state index contributed by atoms with van der Waals surface area (Å²) >= 11 is 0. The number of aliphatic hydroxyl groups excluding tert-OH is 1. The molecule has 8 heteroatoms. The second-order valence-electron chi connectivity index (χ2n) is 7.08. The summed E-state index contributed by atoms with van der Waals surface area (Å²) in [6.45, 7) is -0.0624. The summed E-state index contributed by atoms with van der Waals surface area (Å²) in [5, 5.41) is 24.2. The Balaban J connectivity index is 1.69. The summed E-state index contributed by atoms with van der Waals surface area (Å²) in [5.41, 5.74) is 0.833. The van der Waals surface area contributed by atoms with Gasteiger partial charge in [-0.3, -0.25) is 4.79 Å². The van der Waals surface area contributed by atoms with E-state index in [4.69, 9.17) is 4.74 Å². The molecule has 1 aliphatic rings. The average Bonchev–Trinajstić information content (AvgIpc) is 2.70. The molecule has 8 nitrogen and oxygen atoms in total. The zero-order valence-corrected chi connectivity index (χ0v) is 15.8. The second-order valence-corrected chi connectivity index (χ2v) is 7.08. The molecule has 2 atom stereocenters. The Bertz CT molecular complexity index is 645. The van der Waals surface area contributed by atoms with E-state index >= 15 is 0 Å². The molecular weight excluding hydrogens is 364 g/mol. The van der Waals surface area contributed by atoms with Crippen LogP contribution < -0.4 is 10.6 Å². The molecule has 1 fully saturated rings. The van der Waals surface area contributed by atoms with Gasteiger partial charge in [0.25, 0.3) is 0 Å². The van der Waals surface area contributed by atoms with E-state index in [9.17, 15) is 24.6 Å². The van der Waals surface area contributed by atoms with Crippen molar-refractivity contribution >= 4 is 18.0 Å². The SMILES string of the molecule is O=C(C[C@H](O)CNC(=O)OCc1ccccc1)N[C@H](C(=O)O)C1CCCCC1. The first-order valence-electron chi connectivity index (χ1n) is 9.60. The molecule has 1 aromatic carbocycles. The van der Waals surface area contributed by atoms with Crippen molar-refractivity contribution in [2.45, 2.75) is 57.3 Å². The molecule has 4 N–H and O–H groups in total. The third-order valence-corrected chi connectivity index (χ3v) is 4.82. The Labute approximate surface area is 164 Å². The van der Waals surface area contributed by atoms with E-state index in [1.165, 1.54) is 0 Å². The van der Waals surface area contributed by atoms with Gasteiger partial charge in [0, 0.05) is 6.54 Å². The summed E-state index contributed by atoms with van der Waals surface area (Å²) in [7, 11) is 0. The first-order valence-corrected chi connectivity index (χ1v) is 9.60. The zero-order chi connectivity index (χ0) is 20.4. The minimum absolute atomic E-state index is 0.0848. The number of rotatable bonds is 9. The quantitative estimate of drug-likeness (QED) is 0.508. The lowest BCUT2D eigenvalue weighted by Crippen LogP contribution is -2.47. The molecule has 1 aromatic rings. The van der Waals surface area contributed by atoms with Gasteiger partial charge in [-0.15, -0.1) is 0 Å². The number of nitrogens with one attached hydrogen (secondary N) is 2. The van der Waals surface area contributed by atoms with E-state index in [0.29, 0.717) is 0 Å². The highest BCUT2D eigenvalue weighted by Gasteiger charge is 2.31. The molecule has 154 valence electrons. The summed E-state index contributed by atoms with van der Waals surface area (Å²) in [6, 6.07) is 8.21. The molecular formula is C20H28N2O6. The highest BCUT2D eigenvalue weighted by molar-refractivity contribution is 5.84. The third kappa shape index (κ3) is 7.56. The van der Waals surface area contributed by atoms with E-state index in [-0.39, 0.29) is 25.5 Å². The number of benzene rings is 1. The maximum absolute atomic E-state index is 12.1. The Morgan fingerprint density at radius 2 is 1.79 bits per heavy atom. The van der Waals surface area contributed by atoms with E-state index in [2.05, 4.69) is 10.6 Å². The van der Waals surface area contributed by atoms with Gasteiger partial charge in [-0.25, -0.2) is 9.59 Å². The highest BCUT2D eigenvalue weighted by Crippen LogP contribution is 2.26. The molecule has 2 rings (SSSR count). The number of carbonyl (C=O) groups excluding carboxylic acids is 2. The molecule has 1 saturated carbocycles. The number of alkyl carbamates (subject to hydrolysis) is 1. The Morgan fingerprint density at radius 3 is 2.43 bits per heavy atom. The van der Waals surface area contributed by atoms with Gasteiger partial charge in [0.2, 0.25) is 5.91 Å². The lowest BCUT2D eigenvalue weighted by molar-refractivity contribution is -0.144. The first kappa shape index (κ1) is 21.7. The van der Waals surface area contributed by atoms with Crippen molar-refractivity contribution in [1.82, 2.24) is 10.6 Å². The summed E-state index contributed by atoms with van der Waals surface area (Å²) in [6.07, 6.45) is 2.42. The number of hydrogen-bond acceptors (Lipinski definition) is 5. The van der Waals surface area contributed by atoms with Crippen LogP contribution in [0.15, 0.2) is 30.3 Å². The summed E-state index contributed by atoms with van der Waals surface area (Å²) in [5.74, 6) is -1.69. The van der Waals surface area contributed by atoms with Crippen LogP contribution in [0.25, 0.3) is 0 Å². The number of amides is 2. The smallest absolute Gasteiger partial charge is 0.407 e. The molecule has 0 aliphatic heterocycles. The van der Waals surface area contributed by atoms with Crippen LogP contribution in [0.2, 0.25) is 0 Å². The van der Waals surface area contributed by atoms with Crippen molar-refractivity contribution in [2.75, 3.05) is 6.54 Å². The van der Waals surface area contributed by atoms with Gasteiger partial charge in [-0.05, 0) is 24.3 Å². The summed E-state index contributed by atoms with van der Waals surface area (Å²) in [4.78, 5) is 35.2. The minimum Gasteiger partial charge on any atom is -0.480 e. The highest BCUT2D eigenvalue weighted by atomic mass is 16.5. The van der Waals surface area contributed by atoms with Gasteiger partial charge in [-0.2, -0.15) is 0 Å². The van der Waals surface area contributed by atoms with E-state index in [0.717, 1.165) is 37.7 Å². The molecule has 0 bridgehead atoms.